The Balaban J connectivity index is 2.44. The molecule has 1 N–H and O–H groups in total. The molecule has 1 fully saturated rings. The SMILES string of the molecule is COc1cc([C@@H](CC(F)(F)F)N2CCNCC2)cc(OC)c1OC. The van der Waals surface area contributed by atoms with E-state index in [-0.39, 0.29) is 0 Å². The van der Waals surface area contributed by atoms with Crippen LogP contribution in [0.25, 0.3) is 0 Å². The lowest BCUT2D eigenvalue weighted by Gasteiger charge is -2.36. The number of benzene rings is 1. The highest BCUT2D eigenvalue weighted by Gasteiger charge is 2.36. The van der Waals surface area contributed by atoms with Crippen LogP contribution < -0.4 is 19.5 Å². The molecule has 0 bridgehead atoms. The van der Waals surface area contributed by atoms with Crippen molar-refractivity contribution in [1.29, 1.82) is 0 Å². The first-order valence-electron chi connectivity index (χ1n) is 7.71. The van der Waals surface area contributed by atoms with Crippen molar-refractivity contribution in [1.82, 2.24) is 10.2 Å². The van der Waals surface area contributed by atoms with Gasteiger partial charge in [-0.05, 0) is 17.7 Å². The van der Waals surface area contributed by atoms with Crippen LogP contribution in [0.3, 0.4) is 0 Å². The highest BCUT2D eigenvalue weighted by molar-refractivity contribution is 5.54. The Hall–Kier alpha value is -1.67. The van der Waals surface area contributed by atoms with Crippen molar-refractivity contribution in [3.63, 3.8) is 0 Å². The maximum atomic E-state index is 13.1. The van der Waals surface area contributed by atoms with Gasteiger partial charge in [0.2, 0.25) is 5.75 Å². The zero-order valence-electron chi connectivity index (χ0n) is 14.1. The molecule has 0 spiro atoms. The highest BCUT2D eigenvalue weighted by atomic mass is 19.4. The van der Waals surface area contributed by atoms with Gasteiger partial charge in [-0.25, -0.2) is 0 Å². The van der Waals surface area contributed by atoms with E-state index >= 15 is 0 Å². The first-order chi connectivity index (χ1) is 11.4. The molecule has 24 heavy (non-hydrogen) atoms. The Morgan fingerprint density at radius 3 is 2.00 bits per heavy atom. The van der Waals surface area contributed by atoms with Crippen molar-refractivity contribution < 1.29 is 27.4 Å². The number of piperazine rings is 1. The lowest BCUT2D eigenvalue weighted by molar-refractivity contribution is -0.148. The fraction of sp³-hybridized carbons (Fsp3) is 0.625. The molecule has 0 aromatic heterocycles. The topological polar surface area (TPSA) is 43.0 Å². The lowest BCUT2D eigenvalue weighted by Crippen LogP contribution is -2.46. The van der Waals surface area contributed by atoms with Gasteiger partial charge in [-0.1, -0.05) is 0 Å². The summed E-state index contributed by atoms with van der Waals surface area (Å²) >= 11 is 0. The van der Waals surface area contributed by atoms with Gasteiger partial charge in [0.05, 0.1) is 27.8 Å². The van der Waals surface area contributed by atoms with E-state index in [1.165, 1.54) is 21.3 Å². The third-order valence-electron chi connectivity index (χ3n) is 4.09. The maximum Gasteiger partial charge on any atom is 0.390 e. The molecular weight excluding hydrogens is 325 g/mol. The second-order valence-electron chi connectivity index (χ2n) is 5.58. The monoisotopic (exact) mass is 348 g/mol. The Morgan fingerprint density at radius 1 is 1.04 bits per heavy atom. The van der Waals surface area contributed by atoms with Crippen molar-refractivity contribution in [2.75, 3.05) is 47.5 Å². The standard InChI is InChI=1S/C16H23F3N2O3/c1-22-13-8-11(9-14(23-2)15(13)24-3)12(10-16(17,18)19)21-6-4-20-5-7-21/h8-9,12,20H,4-7,10H2,1-3H3/t12-/m1/s1. The molecule has 1 heterocycles. The average Bonchev–Trinajstić information content (AvgIpc) is 2.58. The predicted molar refractivity (Wildman–Crippen MR) is 84.0 cm³/mol. The summed E-state index contributed by atoms with van der Waals surface area (Å²) in [5.74, 6) is 1.08. The Kier molecular flexibility index (Phi) is 6.17. The van der Waals surface area contributed by atoms with Crippen molar-refractivity contribution in [2.45, 2.75) is 18.6 Å². The van der Waals surface area contributed by atoms with Crippen LogP contribution >= 0.6 is 0 Å². The zero-order chi connectivity index (χ0) is 17.7. The molecule has 5 nitrogen and oxygen atoms in total. The molecule has 0 saturated carbocycles. The van der Waals surface area contributed by atoms with Crippen LogP contribution in [0.4, 0.5) is 13.2 Å². The highest BCUT2D eigenvalue weighted by Crippen LogP contribution is 2.43. The van der Waals surface area contributed by atoms with E-state index in [1.807, 2.05) is 4.90 Å². The summed E-state index contributed by atoms with van der Waals surface area (Å²) < 4.78 is 55.2. The molecule has 1 aromatic carbocycles. The minimum absolute atomic E-state index is 0.356. The number of methoxy groups -OCH3 is 3. The lowest BCUT2D eigenvalue weighted by atomic mass is 9.99. The van der Waals surface area contributed by atoms with E-state index in [1.54, 1.807) is 12.1 Å². The van der Waals surface area contributed by atoms with Gasteiger partial charge in [-0.2, -0.15) is 13.2 Å². The summed E-state index contributed by atoms with van der Waals surface area (Å²) in [5, 5.41) is 3.15. The fourth-order valence-corrected chi connectivity index (χ4v) is 2.96. The third kappa shape index (κ3) is 4.45. The van der Waals surface area contributed by atoms with Gasteiger partial charge in [-0.3, -0.25) is 4.90 Å². The first-order valence-corrected chi connectivity index (χ1v) is 7.71. The quantitative estimate of drug-likeness (QED) is 0.856. The van der Waals surface area contributed by atoms with E-state index in [4.69, 9.17) is 14.2 Å². The molecule has 1 aliphatic heterocycles. The van der Waals surface area contributed by atoms with Crippen molar-refractivity contribution in [3.8, 4) is 17.2 Å². The summed E-state index contributed by atoms with van der Waals surface area (Å²) in [4.78, 5) is 1.84. The van der Waals surface area contributed by atoms with E-state index in [9.17, 15) is 13.2 Å². The smallest absolute Gasteiger partial charge is 0.390 e. The van der Waals surface area contributed by atoms with Crippen LogP contribution in [-0.4, -0.2) is 58.6 Å². The minimum Gasteiger partial charge on any atom is -0.493 e. The van der Waals surface area contributed by atoms with Crippen LogP contribution in [0.15, 0.2) is 12.1 Å². The number of hydrogen-bond donors (Lipinski definition) is 1. The van der Waals surface area contributed by atoms with E-state index < -0.39 is 18.6 Å². The molecule has 1 aliphatic rings. The van der Waals surface area contributed by atoms with Crippen molar-refractivity contribution in [3.05, 3.63) is 17.7 Å². The van der Waals surface area contributed by atoms with Gasteiger partial charge in [-0.15, -0.1) is 0 Å². The number of rotatable bonds is 6. The number of ether oxygens (including phenoxy) is 3. The summed E-state index contributed by atoms with van der Waals surface area (Å²) in [6.45, 7) is 2.44. The number of alkyl halides is 3. The van der Waals surface area contributed by atoms with E-state index in [0.29, 0.717) is 49.0 Å². The predicted octanol–water partition coefficient (Wildman–Crippen LogP) is 2.61. The van der Waals surface area contributed by atoms with Gasteiger partial charge in [0, 0.05) is 32.2 Å². The second-order valence-corrected chi connectivity index (χ2v) is 5.58. The normalized spacial score (nSPS) is 17.4. The van der Waals surface area contributed by atoms with Gasteiger partial charge in [0.15, 0.2) is 11.5 Å². The molecule has 1 atom stereocenters. The minimum atomic E-state index is -4.27. The fourth-order valence-electron chi connectivity index (χ4n) is 2.96. The Morgan fingerprint density at radius 2 is 1.58 bits per heavy atom. The molecule has 0 aliphatic carbocycles. The van der Waals surface area contributed by atoms with Crippen LogP contribution in [0.5, 0.6) is 17.2 Å². The summed E-state index contributed by atoms with van der Waals surface area (Å²) in [7, 11) is 4.36. The number of nitrogens with one attached hydrogen (secondary N) is 1. The largest absolute Gasteiger partial charge is 0.493 e. The summed E-state index contributed by atoms with van der Waals surface area (Å²) in [6.07, 6.45) is -5.19. The second kappa shape index (κ2) is 7.94. The third-order valence-corrected chi connectivity index (χ3v) is 4.09. The van der Waals surface area contributed by atoms with Gasteiger partial charge in [0.1, 0.15) is 0 Å². The van der Waals surface area contributed by atoms with E-state index in [2.05, 4.69) is 5.32 Å². The molecule has 1 aromatic rings. The van der Waals surface area contributed by atoms with Gasteiger partial charge < -0.3 is 19.5 Å². The van der Waals surface area contributed by atoms with Gasteiger partial charge in [0.25, 0.3) is 0 Å². The molecule has 2 rings (SSSR count). The zero-order valence-corrected chi connectivity index (χ0v) is 14.1. The molecule has 0 radical (unpaired) electrons. The molecule has 8 heteroatoms. The maximum absolute atomic E-state index is 13.1. The summed E-state index contributed by atoms with van der Waals surface area (Å²) in [5.41, 5.74) is 0.503. The number of hydrogen-bond acceptors (Lipinski definition) is 5. The summed E-state index contributed by atoms with van der Waals surface area (Å²) in [6, 6.07) is 2.40. The number of halogens is 3. The molecule has 136 valence electrons. The molecule has 0 unspecified atom stereocenters. The van der Waals surface area contributed by atoms with Crippen molar-refractivity contribution in [2.24, 2.45) is 0 Å². The van der Waals surface area contributed by atoms with E-state index in [0.717, 1.165) is 0 Å². The molecule has 1 saturated heterocycles. The Bertz CT molecular complexity index is 521. The molecular formula is C16H23F3N2O3. The average molecular weight is 348 g/mol. The Labute approximate surface area is 139 Å². The van der Waals surface area contributed by atoms with Crippen LogP contribution in [-0.2, 0) is 0 Å². The van der Waals surface area contributed by atoms with Crippen LogP contribution in [0, 0.1) is 0 Å². The van der Waals surface area contributed by atoms with Crippen molar-refractivity contribution >= 4 is 0 Å². The first kappa shape index (κ1) is 18.7. The van der Waals surface area contributed by atoms with Gasteiger partial charge >= 0.3 is 6.18 Å². The molecule has 0 amide bonds. The number of nitrogens with zero attached hydrogens (tertiary/aromatic N) is 1. The van der Waals surface area contributed by atoms with Crippen LogP contribution in [0.2, 0.25) is 0 Å². The van der Waals surface area contributed by atoms with Crippen LogP contribution in [0.1, 0.15) is 18.0 Å².